The fourth-order valence-corrected chi connectivity index (χ4v) is 2.27. The van der Waals surface area contributed by atoms with E-state index >= 15 is 0 Å². The quantitative estimate of drug-likeness (QED) is 0.803. The lowest BCUT2D eigenvalue weighted by molar-refractivity contribution is 0.459. The van der Waals surface area contributed by atoms with Crippen molar-refractivity contribution in [3.63, 3.8) is 0 Å². The monoisotopic (exact) mass is 207 g/mol. The van der Waals surface area contributed by atoms with Crippen molar-refractivity contribution >= 4 is 0 Å². The van der Waals surface area contributed by atoms with E-state index in [1.807, 2.05) is 6.07 Å². The third kappa shape index (κ3) is 2.78. The summed E-state index contributed by atoms with van der Waals surface area (Å²) in [5.74, 6) is 0.672. The Balaban J connectivity index is 2.09. The molecule has 0 aliphatic carbocycles. The van der Waals surface area contributed by atoms with Gasteiger partial charge in [0.15, 0.2) is 0 Å². The molecule has 1 saturated heterocycles. The van der Waals surface area contributed by atoms with Gasteiger partial charge in [0, 0.05) is 6.42 Å². The largest absolute Gasteiger partial charge is 0.317 e. The normalized spacial score (nSPS) is 17.9. The Hall–Kier alpha value is -0.890. The number of hydrogen-bond donors (Lipinski definition) is 1. The number of piperidine rings is 1. The summed E-state index contributed by atoms with van der Waals surface area (Å²) in [6, 6.07) is 8.43. The fraction of sp³-hybridized carbons (Fsp3) is 0.538. The lowest BCUT2D eigenvalue weighted by Gasteiger charge is -2.23. The number of benzene rings is 1. The SMILES string of the molecule is FCCc1cccc(C2CCNCC2)c1. The van der Waals surface area contributed by atoms with Gasteiger partial charge in [-0.2, -0.15) is 0 Å². The van der Waals surface area contributed by atoms with Crippen molar-refractivity contribution in [2.75, 3.05) is 19.8 Å². The Bertz CT molecular complexity index is 305. The smallest absolute Gasteiger partial charge is 0.0934 e. The number of aryl methyl sites for hydroxylation is 1. The summed E-state index contributed by atoms with van der Waals surface area (Å²) in [5.41, 5.74) is 2.52. The van der Waals surface area contributed by atoms with Crippen LogP contribution in [0.5, 0.6) is 0 Å². The van der Waals surface area contributed by atoms with Crippen LogP contribution in [0.2, 0.25) is 0 Å². The zero-order chi connectivity index (χ0) is 10.5. The first kappa shape index (κ1) is 10.6. The average Bonchev–Trinajstić information content (AvgIpc) is 2.31. The van der Waals surface area contributed by atoms with Crippen LogP contribution >= 0.6 is 0 Å². The standard InChI is InChI=1S/C13H18FN/c14-7-4-11-2-1-3-13(10-11)12-5-8-15-9-6-12/h1-3,10,12,15H,4-9H2. The van der Waals surface area contributed by atoms with Gasteiger partial charge in [0.2, 0.25) is 0 Å². The van der Waals surface area contributed by atoms with Gasteiger partial charge in [-0.25, -0.2) is 0 Å². The molecule has 0 aromatic heterocycles. The van der Waals surface area contributed by atoms with Gasteiger partial charge in [0.1, 0.15) is 0 Å². The van der Waals surface area contributed by atoms with Gasteiger partial charge in [-0.15, -0.1) is 0 Å². The Morgan fingerprint density at radius 2 is 2.07 bits per heavy atom. The molecule has 0 atom stereocenters. The van der Waals surface area contributed by atoms with E-state index in [4.69, 9.17) is 0 Å². The van der Waals surface area contributed by atoms with Crippen molar-refractivity contribution in [2.24, 2.45) is 0 Å². The Morgan fingerprint density at radius 3 is 2.80 bits per heavy atom. The predicted octanol–water partition coefficient (Wildman–Crippen LogP) is 2.67. The van der Waals surface area contributed by atoms with Crippen LogP contribution in [0.4, 0.5) is 4.39 Å². The first-order valence-electron chi connectivity index (χ1n) is 5.75. The third-order valence-corrected chi connectivity index (χ3v) is 3.14. The highest BCUT2D eigenvalue weighted by molar-refractivity contribution is 5.27. The van der Waals surface area contributed by atoms with Crippen molar-refractivity contribution in [2.45, 2.75) is 25.2 Å². The van der Waals surface area contributed by atoms with Crippen molar-refractivity contribution in [1.82, 2.24) is 5.32 Å². The van der Waals surface area contributed by atoms with Crippen LogP contribution in [0.1, 0.15) is 29.9 Å². The number of alkyl halides is 1. The minimum atomic E-state index is -0.254. The van der Waals surface area contributed by atoms with E-state index in [9.17, 15) is 4.39 Å². The summed E-state index contributed by atoms with van der Waals surface area (Å²) in [6.07, 6.45) is 2.97. The molecule has 0 amide bonds. The molecular weight excluding hydrogens is 189 g/mol. The average molecular weight is 207 g/mol. The molecule has 1 nitrogen and oxygen atoms in total. The second kappa shape index (κ2) is 5.26. The van der Waals surface area contributed by atoms with Crippen molar-refractivity contribution in [3.05, 3.63) is 35.4 Å². The van der Waals surface area contributed by atoms with E-state index in [2.05, 4.69) is 23.5 Å². The van der Waals surface area contributed by atoms with E-state index in [1.54, 1.807) is 0 Å². The Kier molecular flexibility index (Phi) is 3.73. The molecule has 2 rings (SSSR count). The van der Waals surface area contributed by atoms with E-state index in [0.29, 0.717) is 12.3 Å². The maximum absolute atomic E-state index is 12.2. The zero-order valence-corrected chi connectivity index (χ0v) is 9.01. The molecule has 1 aromatic carbocycles. The molecule has 0 spiro atoms. The van der Waals surface area contributed by atoms with Gasteiger partial charge in [-0.3, -0.25) is 4.39 Å². The van der Waals surface area contributed by atoms with Crippen LogP contribution < -0.4 is 5.32 Å². The Labute approximate surface area is 90.7 Å². The fourth-order valence-electron chi connectivity index (χ4n) is 2.27. The lowest BCUT2D eigenvalue weighted by Crippen LogP contribution is -2.26. The molecule has 82 valence electrons. The van der Waals surface area contributed by atoms with Crippen LogP contribution in [-0.4, -0.2) is 19.8 Å². The van der Waals surface area contributed by atoms with Crippen molar-refractivity contribution < 1.29 is 4.39 Å². The number of rotatable bonds is 3. The maximum atomic E-state index is 12.2. The summed E-state index contributed by atoms with van der Waals surface area (Å²) in [5, 5.41) is 3.36. The zero-order valence-electron chi connectivity index (χ0n) is 9.01. The summed E-state index contributed by atoms with van der Waals surface area (Å²) < 4.78 is 12.2. The summed E-state index contributed by atoms with van der Waals surface area (Å²) in [4.78, 5) is 0. The van der Waals surface area contributed by atoms with Crippen LogP contribution in [0.3, 0.4) is 0 Å². The molecule has 1 aromatic rings. The van der Waals surface area contributed by atoms with Crippen LogP contribution in [0.15, 0.2) is 24.3 Å². The topological polar surface area (TPSA) is 12.0 Å². The maximum Gasteiger partial charge on any atom is 0.0934 e. The number of hydrogen-bond acceptors (Lipinski definition) is 1. The summed E-state index contributed by atoms with van der Waals surface area (Å²) >= 11 is 0. The number of nitrogens with one attached hydrogen (secondary N) is 1. The minimum Gasteiger partial charge on any atom is -0.317 e. The van der Waals surface area contributed by atoms with E-state index in [1.165, 1.54) is 18.4 Å². The molecule has 1 fully saturated rings. The van der Waals surface area contributed by atoms with Crippen molar-refractivity contribution in [1.29, 1.82) is 0 Å². The first-order valence-corrected chi connectivity index (χ1v) is 5.75. The molecule has 0 unspecified atom stereocenters. The summed E-state index contributed by atoms with van der Waals surface area (Å²) in [7, 11) is 0. The van der Waals surface area contributed by atoms with E-state index in [-0.39, 0.29) is 6.67 Å². The summed E-state index contributed by atoms with van der Waals surface area (Å²) in [6.45, 7) is 1.96. The minimum absolute atomic E-state index is 0.254. The molecule has 1 N–H and O–H groups in total. The van der Waals surface area contributed by atoms with Gasteiger partial charge >= 0.3 is 0 Å². The molecule has 0 radical (unpaired) electrons. The predicted molar refractivity (Wildman–Crippen MR) is 61.0 cm³/mol. The third-order valence-electron chi connectivity index (χ3n) is 3.14. The lowest BCUT2D eigenvalue weighted by atomic mass is 9.89. The van der Waals surface area contributed by atoms with Gasteiger partial charge < -0.3 is 5.32 Å². The van der Waals surface area contributed by atoms with E-state index in [0.717, 1.165) is 18.7 Å². The molecule has 1 heterocycles. The van der Waals surface area contributed by atoms with E-state index < -0.39 is 0 Å². The van der Waals surface area contributed by atoms with Gasteiger partial charge in [-0.05, 0) is 43.0 Å². The molecule has 1 aliphatic rings. The van der Waals surface area contributed by atoms with Crippen molar-refractivity contribution in [3.8, 4) is 0 Å². The highest BCUT2D eigenvalue weighted by atomic mass is 19.1. The highest BCUT2D eigenvalue weighted by Gasteiger charge is 2.14. The second-order valence-electron chi connectivity index (χ2n) is 4.21. The molecule has 15 heavy (non-hydrogen) atoms. The van der Waals surface area contributed by atoms with Gasteiger partial charge in [0.25, 0.3) is 0 Å². The van der Waals surface area contributed by atoms with Gasteiger partial charge in [-0.1, -0.05) is 24.3 Å². The molecule has 0 bridgehead atoms. The van der Waals surface area contributed by atoms with Crippen LogP contribution in [0, 0.1) is 0 Å². The second-order valence-corrected chi connectivity index (χ2v) is 4.21. The highest BCUT2D eigenvalue weighted by Crippen LogP contribution is 2.25. The molecular formula is C13H18FN. The molecule has 1 aliphatic heterocycles. The number of halogens is 1. The van der Waals surface area contributed by atoms with Crippen LogP contribution in [-0.2, 0) is 6.42 Å². The Morgan fingerprint density at radius 1 is 1.27 bits per heavy atom. The molecule has 2 heteroatoms. The van der Waals surface area contributed by atoms with Crippen LogP contribution in [0.25, 0.3) is 0 Å². The van der Waals surface area contributed by atoms with Gasteiger partial charge in [0.05, 0.1) is 6.67 Å². The molecule has 0 saturated carbocycles. The first-order chi connectivity index (χ1) is 7.40.